The van der Waals surface area contributed by atoms with E-state index in [1.807, 2.05) is 12.1 Å². The molecule has 1 N–H and O–H groups in total. The normalized spacial score (nSPS) is 10.2. The second-order valence-corrected chi connectivity index (χ2v) is 6.65. The van der Waals surface area contributed by atoms with Crippen molar-refractivity contribution < 1.29 is 9.53 Å². The lowest BCUT2D eigenvalue weighted by Crippen LogP contribution is -2.12. The SMILES string of the molecule is COc1cc(NC(=O)c2cc(Br)cc(Br)c2)ccc1Br. The molecule has 0 aliphatic heterocycles. The van der Waals surface area contributed by atoms with Gasteiger partial charge >= 0.3 is 0 Å². The van der Waals surface area contributed by atoms with Gasteiger partial charge < -0.3 is 10.1 Å². The number of nitrogens with one attached hydrogen (secondary N) is 1. The lowest BCUT2D eigenvalue weighted by Gasteiger charge is -2.09. The van der Waals surface area contributed by atoms with Gasteiger partial charge in [-0.15, -0.1) is 0 Å². The summed E-state index contributed by atoms with van der Waals surface area (Å²) in [6, 6.07) is 10.8. The fraction of sp³-hybridized carbons (Fsp3) is 0.0714. The van der Waals surface area contributed by atoms with Crippen LogP contribution in [0.1, 0.15) is 10.4 Å². The van der Waals surface area contributed by atoms with Crippen LogP contribution >= 0.6 is 47.8 Å². The third kappa shape index (κ3) is 3.84. The minimum atomic E-state index is -0.184. The number of amides is 1. The summed E-state index contributed by atoms with van der Waals surface area (Å²) in [5.74, 6) is 0.481. The summed E-state index contributed by atoms with van der Waals surface area (Å²) in [5, 5.41) is 2.83. The van der Waals surface area contributed by atoms with Gasteiger partial charge in [-0.2, -0.15) is 0 Å². The summed E-state index contributed by atoms with van der Waals surface area (Å²) in [4.78, 5) is 12.2. The van der Waals surface area contributed by atoms with Crippen LogP contribution in [0.15, 0.2) is 49.8 Å². The molecular weight excluding hydrogens is 454 g/mol. The molecule has 0 saturated carbocycles. The maximum absolute atomic E-state index is 12.2. The van der Waals surface area contributed by atoms with Crippen molar-refractivity contribution in [2.45, 2.75) is 0 Å². The van der Waals surface area contributed by atoms with E-state index in [0.717, 1.165) is 13.4 Å². The van der Waals surface area contributed by atoms with E-state index in [2.05, 4.69) is 53.1 Å². The fourth-order valence-electron chi connectivity index (χ4n) is 1.63. The average molecular weight is 464 g/mol. The molecule has 20 heavy (non-hydrogen) atoms. The maximum atomic E-state index is 12.2. The smallest absolute Gasteiger partial charge is 0.255 e. The molecule has 2 aromatic carbocycles. The molecule has 0 aliphatic carbocycles. The van der Waals surface area contributed by atoms with Gasteiger partial charge in [-0.3, -0.25) is 4.79 Å². The minimum absolute atomic E-state index is 0.184. The number of carbonyl (C=O) groups is 1. The van der Waals surface area contributed by atoms with Crippen LogP contribution < -0.4 is 10.1 Å². The largest absolute Gasteiger partial charge is 0.495 e. The van der Waals surface area contributed by atoms with E-state index in [9.17, 15) is 4.79 Å². The number of hydrogen-bond donors (Lipinski definition) is 1. The highest BCUT2D eigenvalue weighted by Crippen LogP contribution is 2.28. The molecule has 104 valence electrons. The van der Waals surface area contributed by atoms with E-state index in [1.165, 1.54) is 0 Å². The molecule has 1 amide bonds. The van der Waals surface area contributed by atoms with E-state index < -0.39 is 0 Å². The summed E-state index contributed by atoms with van der Waals surface area (Å²) >= 11 is 10.1. The zero-order valence-electron chi connectivity index (χ0n) is 10.4. The van der Waals surface area contributed by atoms with Crippen LogP contribution in [0.5, 0.6) is 5.75 Å². The maximum Gasteiger partial charge on any atom is 0.255 e. The fourth-order valence-corrected chi connectivity index (χ4v) is 3.33. The van der Waals surface area contributed by atoms with Crippen LogP contribution in [0.25, 0.3) is 0 Å². The highest BCUT2D eigenvalue weighted by atomic mass is 79.9. The molecule has 0 heterocycles. The number of methoxy groups -OCH3 is 1. The van der Waals surface area contributed by atoms with Crippen LogP contribution in [0.2, 0.25) is 0 Å². The average Bonchev–Trinajstić information content (AvgIpc) is 2.39. The van der Waals surface area contributed by atoms with Crippen molar-refractivity contribution in [3.63, 3.8) is 0 Å². The monoisotopic (exact) mass is 461 g/mol. The van der Waals surface area contributed by atoms with Gasteiger partial charge in [0.25, 0.3) is 5.91 Å². The minimum Gasteiger partial charge on any atom is -0.495 e. The van der Waals surface area contributed by atoms with E-state index in [4.69, 9.17) is 4.74 Å². The standard InChI is InChI=1S/C14H10Br3NO2/c1-20-13-7-11(2-3-12(13)17)18-14(19)8-4-9(15)6-10(16)5-8/h2-7H,1H3,(H,18,19). The van der Waals surface area contributed by atoms with Crippen LogP contribution in [0.4, 0.5) is 5.69 Å². The Kier molecular flexibility index (Phi) is 5.23. The highest BCUT2D eigenvalue weighted by molar-refractivity contribution is 9.11. The van der Waals surface area contributed by atoms with Crippen molar-refractivity contribution >= 4 is 59.4 Å². The van der Waals surface area contributed by atoms with Crippen LogP contribution in [-0.2, 0) is 0 Å². The van der Waals surface area contributed by atoms with Gasteiger partial charge in [0.05, 0.1) is 11.6 Å². The molecule has 6 heteroatoms. The first-order chi connectivity index (χ1) is 9.49. The lowest BCUT2D eigenvalue weighted by molar-refractivity contribution is 0.102. The molecule has 0 bridgehead atoms. The number of carbonyl (C=O) groups excluding carboxylic acids is 1. The molecular formula is C14H10Br3NO2. The molecule has 0 fully saturated rings. The topological polar surface area (TPSA) is 38.3 Å². The van der Waals surface area contributed by atoms with Crippen LogP contribution in [-0.4, -0.2) is 13.0 Å². The molecule has 2 aromatic rings. The van der Waals surface area contributed by atoms with Crippen LogP contribution in [0, 0.1) is 0 Å². The number of ether oxygens (including phenoxy) is 1. The molecule has 0 radical (unpaired) electrons. The quantitative estimate of drug-likeness (QED) is 0.676. The predicted octanol–water partition coefficient (Wildman–Crippen LogP) is 5.24. The van der Waals surface area contributed by atoms with E-state index in [0.29, 0.717) is 17.0 Å². The van der Waals surface area contributed by atoms with Gasteiger partial charge in [0.2, 0.25) is 0 Å². The van der Waals surface area contributed by atoms with Gasteiger partial charge in [-0.25, -0.2) is 0 Å². The Labute approximate surface area is 142 Å². The molecule has 3 nitrogen and oxygen atoms in total. The molecule has 2 rings (SSSR count). The number of hydrogen-bond acceptors (Lipinski definition) is 2. The Morgan fingerprint density at radius 1 is 1.05 bits per heavy atom. The van der Waals surface area contributed by atoms with Crippen LogP contribution in [0.3, 0.4) is 0 Å². The first-order valence-electron chi connectivity index (χ1n) is 5.60. The van der Waals surface area contributed by atoms with E-state index in [1.54, 1.807) is 31.4 Å². The predicted molar refractivity (Wildman–Crippen MR) is 90.5 cm³/mol. The Morgan fingerprint density at radius 2 is 1.70 bits per heavy atom. The van der Waals surface area contributed by atoms with Gasteiger partial charge in [0, 0.05) is 26.3 Å². The Bertz CT molecular complexity index is 639. The van der Waals surface area contributed by atoms with Crippen molar-refractivity contribution in [1.82, 2.24) is 0 Å². The third-order valence-electron chi connectivity index (χ3n) is 2.53. The zero-order valence-corrected chi connectivity index (χ0v) is 15.2. The summed E-state index contributed by atoms with van der Waals surface area (Å²) < 4.78 is 7.71. The molecule has 0 atom stereocenters. The second kappa shape index (κ2) is 6.74. The number of halogens is 3. The van der Waals surface area contributed by atoms with Crippen molar-refractivity contribution in [3.8, 4) is 5.75 Å². The van der Waals surface area contributed by atoms with Gasteiger partial charge in [0.15, 0.2) is 0 Å². The first kappa shape index (κ1) is 15.5. The summed E-state index contributed by atoms with van der Waals surface area (Å²) in [7, 11) is 1.58. The zero-order chi connectivity index (χ0) is 14.7. The van der Waals surface area contributed by atoms with Crippen molar-refractivity contribution in [2.24, 2.45) is 0 Å². The third-order valence-corrected chi connectivity index (χ3v) is 4.10. The lowest BCUT2D eigenvalue weighted by atomic mass is 10.2. The molecule has 0 spiro atoms. The summed E-state index contributed by atoms with van der Waals surface area (Å²) in [5.41, 5.74) is 1.24. The molecule has 0 aliphatic rings. The summed E-state index contributed by atoms with van der Waals surface area (Å²) in [6.07, 6.45) is 0. The highest BCUT2D eigenvalue weighted by Gasteiger charge is 2.09. The Balaban J connectivity index is 2.23. The van der Waals surface area contributed by atoms with Crippen molar-refractivity contribution in [3.05, 3.63) is 55.4 Å². The molecule has 0 unspecified atom stereocenters. The van der Waals surface area contributed by atoms with Crippen molar-refractivity contribution in [1.29, 1.82) is 0 Å². The number of rotatable bonds is 3. The van der Waals surface area contributed by atoms with Gasteiger partial charge in [-0.1, -0.05) is 31.9 Å². The second-order valence-electron chi connectivity index (χ2n) is 3.96. The van der Waals surface area contributed by atoms with E-state index in [-0.39, 0.29) is 5.91 Å². The Morgan fingerprint density at radius 3 is 2.30 bits per heavy atom. The molecule has 0 saturated heterocycles. The number of anilines is 1. The van der Waals surface area contributed by atoms with E-state index >= 15 is 0 Å². The number of benzene rings is 2. The van der Waals surface area contributed by atoms with Gasteiger partial charge in [-0.05, 0) is 46.3 Å². The Hall–Kier alpha value is -0.850. The summed E-state index contributed by atoms with van der Waals surface area (Å²) in [6.45, 7) is 0. The first-order valence-corrected chi connectivity index (χ1v) is 7.98. The van der Waals surface area contributed by atoms with Crippen molar-refractivity contribution in [2.75, 3.05) is 12.4 Å². The molecule has 0 aromatic heterocycles. The van der Waals surface area contributed by atoms with Gasteiger partial charge in [0.1, 0.15) is 5.75 Å².